The number of rotatable bonds is 4. The number of carbonyl (C=O) groups is 2. The van der Waals surface area contributed by atoms with E-state index in [1.807, 2.05) is 13.8 Å². The van der Waals surface area contributed by atoms with E-state index < -0.39 is 0 Å². The number of piperidine rings is 1. The van der Waals surface area contributed by atoms with Crippen molar-refractivity contribution in [2.45, 2.75) is 32.7 Å². The number of carbonyl (C=O) groups excluding carboxylic acids is 2. The Balaban J connectivity index is 2.03. The molecule has 6 heteroatoms. The van der Waals surface area contributed by atoms with Crippen LogP contribution in [-0.4, -0.2) is 35.9 Å². The van der Waals surface area contributed by atoms with Gasteiger partial charge in [0.25, 0.3) is 5.91 Å². The summed E-state index contributed by atoms with van der Waals surface area (Å²) < 4.78 is 0. The maximum absolute atomic E-state index is 12.2. The number of nitrogens with zero attached hydrogens (tertiary/aromatic N) is 1. The summed E-state index contributed by atoms with van der Waals surface area (Å²) in [6.07, 6.45) is 1.14. The SMILES string of the molecule is CCNc1cc(C(=O)NC2CCC(=O)NC2)cc(C)n1. The smallest absolute Gasteiger partial charge is 0.251 e. The summed E-state index contributed by atoms with van der Waals surface area (Å²) in [5.74, 6) is 0.620. The number of pyridine rings is 1. The van der Waals surface area contributed by atoms with Crippen LogP contribution in [0, 0.1) is 6.92 Å². The Hall–Kier alpha value is -2.11. The Kier molecular flexibility index (Phi) is 4.55. The molecule has 0 saturated carbocycles. The molecule has 0 aromatic carbocycles. The Morgan fingerprint density at radius 2 is 2.30 bits per heavy atom. The van der Waals surface area contributed by atoms with E-state index in [2.05, 4.69) is 20.9 Å². The summed E-state index contributed by atoms with van der Waals surface area (Å²) in [6, 6.07) is 3.50. The molecule has 1 saturated heterocycles. The van der Waals surface area contributed by atoms with Gasteiger partial charge < -0.3 is 16.0 Å². The van der Waals surface area contributed by atoms with Crippen molar-refractivity contribution in [1.82, 2.24) is 15.6 Å². The average Bonchev–Trinajstić information content (AvgIpc) is 2.41. The fourth-order valence-corrected chi connectivity index (χ4v) is 2.20. The van der Waals surface area contributed by atoms with Gasteiger partial charge in [0.1, 0.15) is 5.82 Å². The van der Waals surface area contributed by atoms with Crippen molar-refractivity contribution in [3.63, 3.8) is 0 Å². The first-order chi connectivity index (χ1) is 9.58. The van der Waals surface area contributed by atoms with Gasteiger partial charge in [-0.15, -0.1) is 0 Å². The second-order valence-corrected chi connectivity index (χ2v) is 4.93. The first-order valence-electron chi connectivity index (χ1n) is 6.88. The molecule has 1 atom stereocenters. The van der Waals surface area contributed by atoms with Gasteiger partial charge in [0.05, 0.1) is 0 Å². The zero-order valence-electron chi connectivity index (χ0n) is 11.8. The van der Waals surface area contributed by atoms with E-state index in [-0.39, 0.29) is 17.9 Å². The molecule has 0 radical (unpaired) electrons. The van der Waals surface area contributed by atoms with Crippen LogP contribution in [0.5, 0.6) is 0 Å². The molecular weight excluding hydrogens is 256 g/mol. The minimum Gasteiger partial charge on any atom is -0.370 e. The van der Waals surface area contributed by atoms with Gasteiger partial charge in [-0.3, -0.25) is 9.59 Å². The van der Waals surface area contributed by atoms with Crippen molar-refractivity contribution in [3.8, 4) is 0 Å². The predicted octanol–water partition coefficient (Wildman–Crippen LogP) is 0.830. The normalized spacial score (nSPS) is 18.3. The Labute approximate surface area is 118 Å². The van der Waals surface area contributed by atoms with Gasteiger partial charge in [-0.05, 0) is 32.4 Å². The van der Waals surface area contributed by atoms with Gasteiger partial charge in [-0.1, -0.05) is 0 Å². The molecule has 1 unspecified atom stereocenters. The maximum Gasteiger partial charge on any atom is 0.251 e. The molecule has 0 bridgehead atoms. The monoisotopic (exact) mass is 276 g/mol. The number of nitrogens with one attached hydrogen (secondary N) is 3. The first kappa shape index (κ1) is 14.3. The van der Waals surface area contributed by atoms with E-state index in [9.17, 15) is 9.59 Å². The Morgan fingerprint density at radius 3 is 2.95 bits per heavy atom. The topological polar surface area (TPSA) is 83.1 Å². The minimum atomic E-state index is -0.129. The zero-order valence-corrected chi connectivity index (χ0v) is 11.8. The van der Waals surface area contributed by atoms with Gasteiger partial charge >= 0.3 is 0 Å². The van der Waals surface area contributed by atoms with E-state index in [1.54, 1.807) is 12.1 Å². The molecule has 1 aliphatic heterocycles. The molecule has 3 N–H and O–H groups in total. The lowest BCUT2D eigenvalue weighted by molar-refractivity contribution is -0.122. The molecule has 6 nitrogen and oxygen atoms in total. The fraction of sp³-hybridized carbons (Fsp3) is 0.500. The molecule has 2 amide bonds. The van der Waals surface area contributed by atoms with E-state index in [4.69, 9.17) is 0 Å². The Morgan fingerprint density at radius 1 is 1.50 bits per heavy atom. The highest BCUT2D eigenvalue weighted by molar-refractivity contribution is 5.95. The number of aryl methyl sites for hydroxylation is 1. The quantitative estimate of drug-likeness (QED) is 0.760. The van der Waals surface area contributed by atoms with E-state index >= 15 is 0 Å². The van der Waals surface area contributed by atoms with Crippen LogP contribution >= 0.6 is 0 Å². The van der Waals surface area contributed by atoms with E-state index in [0.29, 0.717) is 30.8 Å². The van der Waals surface area contributed by atoms with Gasteiger partial charge in [0.2, 0.25) is 5.91 Å². The zero-order chi connectivity index (χ0) is 14.5. The lowest BCUT2D eigenvalue weighted by Crippen LogP contribution is -2.47. The second-order valence-electron chi connectivity index (χ2n) is 4.93. The molecule has 20 heavy (non-hydrogen) atoms. The van der Waals surface area contributed by atoms with Crippen LogP contribution in [0.2, 0.25) is 0 Å². The standard InChI is InChI=1S/C14H20N4O2/c1-3-15-12-7-10(6-9(2)17-12)14(20)18-11-4-5-13(19)16-8-11/h6-7,11H,3-5,8H2,1-2H3,(H,15,17)(H,16,19)(H,18,20). The molecule has 1 aromatic heterocycles. The third-order valence-electron chi connectivity index (χ3n) is 3.17. The second kappa shape index (κ2) is 6.36. The highest BCUT2D eigenvalue weighted by atomic mass is 16.2. The minimum absolute atomic E-state index is 0.00347. The summed E-state index contributed by atoms with van der Waals surface area (Å²) in [7, 11) is 0. The summed E-state index contributed by atoms with van der Waals surface area (Å²) >= 11 is 0. The molecule has 1 aromatic rings. The molecular formula is C14H20N4O2. The summed E-state index contributed by atoms with van der Waals surface area (Å²) in [5.41, 5.74) is 1.39. The van der Waals surface area contributed by atoms with Crippen LogP contribution in [0.3, 0.4) is 0 Å². The number of hydrogen-bond donors (Lipinski definition) is 3. The van der Waals surface area contributed by atoms with Gasteiger partial charge in [0, 0.05) is 36.8 Å². The molecule has 1 fully saturated rings. The third kappa shape index (κ3) is 3.69. The van der Waals surface area contributed by atoms with Crippen molar-refractivity contribution in [3.05, 3.63) is 23.4 Å². The van der Waals surface area contributed by atoms with Crippen molar-refractivity contribution in [1.29, 1.82) is 0 Å². The van der Waals surface area contributed by atoms with Crippen LogP contribution < -0.4 is 16.0 Å². The highest BCUT2D eigenvalue weighted by Gasteiger charge is 2.20. The molecule has 0 spiro atoms. The van der Waals surface area contributed by atoms with Crippen LogP contribution in [0.25, 0.3) is 0 Å². The molecule has 1 aliphatic rings. The number of aromatic nitrogens is 1. The maximum atomic E-state index is 12.2. The first-order valence-corrected chi connectivity index (χ1v) is 6.88. The van der Waals surface area contributed by atoms with Gasteiger partial charge in [-0.2, -0.15) is 0 Å². The van der Waals surface area contributed by atoms with Crippen LogP contribution in [0.1, 0.15) is 35.8 Å². The van der Waals surface area contributed by atoms with Crippen molar-refractivity contribution >= 4 is 17.6 Å². The number of hydrogen-bond acceptors (Lipinski definition) is 4. The largest absolute Gasteiger partial charge is 0.370 e. The lowest BCUT2D eigenvalue weighted by atomic mass is 10.1. The van der Waals surface area contributed by atoms with E-state index in [1.165, 1.54) is 0 Å². The van der Waals surface area contributed by atoms with Crippen LogP contribution in [0.15, 0.2) is 12.1 Å². The molecule has 0 aliphatic carbocycles. The van der Waals surface area contributed by atoms with Crippen molar-refractivity contribution in [2.24, 2.45) is 0 Å². The van der Waals surface area contributed by atoms with Gasteiger partial charge in [0.15, 0.2) is 0 Å². The fourth-order valence-electron chi connectivity index (χ4n) is 2.20. The number of amides is 2. The van der Waals surface area contributed by atoms with Crippen LogP contribution in [0.4, 0.5) is 5.82 Å². The highest BCUT2D eigenvalue weighted by Crippen LogP contribution is 2.11. The Bertz CT molecular complexity index is 506. The van der Waals surface area contributed by atoms with Crippen molar-refractivity contribution in [2.75, 3.05) is 18.4 Å². The third-order valence-corrected chi connectivity index (χ3v) is 3.17. The molecule has 2 heterocycles. The summed E-state index contributed by atoms with van der Waals surface area (Å²) in [6.45, 7) is 5.09. The number of anilines is 1. The van der Waals surface area contributed by atoms with Crippen LogP contribution in [-0.2, 0) is 4.79 Å². The molecule has 108 valence electrons. The summed E-state index contributed by atoms with van der Waals surface area (Å²) in [4.78, 5) is 27.6. The van der Waals surface area contributed by atoms with Gasteiger partial charge in [-0.25, -0.2) is 4.98 Å². The van der Waals surface area contributed by atoms with E-state index in [0.717, 1.165) is 12.2 Å². The predicted molar refractivity (Wildman–Crippen MR) is 76.6 cm³/mol. The van der Waals surface area contributed by atoms with Crippen molar-refractivity contribution < 1.29 is 9.59 Å². The summed E-state index contributed by atoms with van der Waals surface area (Å²) in [5, 5.41) is 8.80. The molecule has 2 rings (SSSR count). The lowest BCUT2D eigenvalue weighted by Gasteiger charge is -2.23. The average molecular weight is 276 g/mol.